The predicted molar refractivity (Wildman–Crippen MR) is 96.2 cm³/mol. The van der Waals surface area contributed by atoms with Gasteiger partial charge >= 0.3 is 5.97 Å². The number of carbonyl (C=O) groups excluding carboxylic acids is 1. The first-order valence-electron chi connectivity index (χ1n) is 9.11. The quantitative estimate of drug-likeness (QED) is 0.866. The van der Waals surface area contributed by atoms with Crippen LogP contribution in [0, 0.1) is 17.8 Å². The summed E-state index contributed by atoms with van der Waals surface area (Å²) >= 11 is 0. The number of sulfone groups is 1. The molecule has 1 aliphatic heterocycles. The molecule has 1 aromatic rings. The first-order chi connectivity index (χ1) is 12.3. The molecule has 26 heavy (non-hydrogen) atoms. The molecule has 1 amide bonds. The smallest absolute Gasteiger partial charge is 0.307 e. The fourth-order valence-corrected chi connectivity index (χ4v) is 5.90. The maximum absolute atomic E-state index is 12.9. The molecule has 0 radical (unpaired) electrons. The maximum atomic E-state index is 12.9. The molecule has 2 fully saturated rings. The molecule has 1 aromatic carbocycles. The average molecular weight is 379 g/mol. The van der Waals surface area contributed by atoms with Crippen molar-refractivity contribution >= 4 is 21.7 Å². The molecule has 0 unspecified atom stereocenters. The van der Waals surface area contributed by atoms with E-state index in [1.54, 1.807) is 23.1 Å². The summed E-state index contributed by atoms with van der Waals surface area (Å²) < 4.78 is 25.7. The van der Waals surface area contributed by atoms with Gasteiger partial charge in [0.05, 0.1) is 22.0 Å². The number of aliphatic carboxylic acids is 1. The first-order valence-corrected chi connectivity index (χ1v) is 10.7. The lowest BCUT2D eigenvalue weighted by molar-refractivity contribution is -0.149. The highest BCUT2D eigenvalue weighted by Crippen LogP contribution is 2.40. The van der Waals surface area contributed by atoms with E-state index in [-0.39, 0.29) is 23.6 Å². The number of piperidine rings is 1. The van der Waals surface area contributed by atoms with E-state index in [1.165, 1.54) is 12.1 Å². The summed E-state index contributed by atoms with van der Waals surface area (Å²) in [6.07, 6.45) is 1.89. The molecule has 3 atom stereocenters. The number of rotatable bonds is 4. The molecule has 1 saturated heterocycles. The second-order valence-electron chi connectivity index (χ2n) is 7.51. The zero-order valence-electron chi connectivity index (χ0n) is 14.9. The number of hydrogen-bond donors (Lipinski definition) is 1. The average Bonchev–Trinajstić information content (AvgIpc) is 3.09. The van der Waals surface area contributed by atoms with Gasteiger partial charge in [0, 0.05) is 13.1 Å². The Labute approximate surface area is 154 Å². The van der Waals surface area contributed by atoms with Crippen molar-refractivity contribution in [3.05, 3.63) is 30.3 Å². The molecule has 0 bridgehead atoms. The standard InChI is InChI=1S/C19H25NO5S/c1-13-7-9-20(10-8-13)18(21)16-11-15(12-17(16)19(22)23)26(24,25)14-5-3-2-4-6-14/h2-6,13,15-17H,7-12H2,1H3,(H,22,23)/t15-,16-,17-/m1/s1. The van der Waals surface area contributed by atoms with Crippen molar-refractivity contribution in [3.8, 4) is 0 Å². The molecular weight excluding hydrogens is 354 g/mol. The Morgan fingerprint density at radius 3 is 2.19 bits per heavy atom. The molecule has 142 valence electrons. The van der Waals surface area contributed by atoms with Gasteiger partial charge in [0.1, 0.15) is 0 Å². The van der Waals surface area contributed by atoms with E-state index in [4.69, 9.17) is 0 Å². The van der Waals surface area contributed by atoms with Crippen LogP contribution in [-0.2, 0) is 19.4 Å². The topological polar surface area (TPSA) is 91.8 Å². The summed E-state index contributed by atoms with van der Waals surface area (Å²) in [5.41, 5.74) is 0. The number of benzene rings is 1. The molecule has 1 heterocycles. The number of amides is 1. The summed E-state index contributed by atoms with van der Waals surface area (Å²) in [6.45, 7) is 3.39. The van der Waals surface area contributed by atoms with Gasteiger partial charge in [-0.15, -0.1) is 0 Å². The van der Waals surface area contributed by atoms with Crippen molar-refractivity contribution in [2.24, 2.45) is 17.8 Å². The number of likely N-dealkylation sites (tertiary alicyclic amines) is 1. The number of carboxylic acids is 1. The monoisotopic (exact) mass is 379 g/mol. The predicted octanol–water partition coefficient (Wildman–Crippen LogP) is 2.20. The van der Waals surface area contributed by atoms with Crippen LogP contribution in [-0.4, -0.2) is 48.6 Å². The summed E-state index contributed by atoms with van der Waals surface area (Å²) in [6, 6.07) is 8.07. The number of hydrogen-bond acceptors (Lipinski definition) is 4. The van der Waals surface area contributed by atoms with Crippen molar-refractivity contribution < 1.29 is 23.1 Å². The second kappa shape index (κ2) is 7.39. The molecule has 7 heteroatoms. The Bertz CT molecular complexity index is 768. The molecule has 6 nitrogen and oxygen atoms in total. The minimum Gasteiger partial charge on any atom is -0.481 e. The largest absolute Gasteiger partial charge is 0.481 e. The number of nitrogens with zero attached hydrogens (tertiary/aromatic N) is 1. The first kappa shape index (κ1) is 18.9. The number of carbonyl (C=O) groups is 2. The van der Waals surface area contributed by atoms with Crippen molar-refractivity contribution in [1.82, 2.24) is 4.90 Å². The van der Waals surface area contributed by atoms with Crippen LogP contribution in [0.1, 0.15) is 32.6 Å². The summed E-state index contributed by atoms with van der Waals surface area (Å²) in [5, 5.41) is 8.73. The highest BCUT2D eigenvalue weighted by atomic mass is 32.2. The minimum atomic E-state index is -3.65. The Morgan fingerprint density at radius 1 is 1.04 bits per heavy atom. The van der Waals surface area contributed by atoms with Crippen molar-refractivity contribution in [2.75, 3.05) is 13.1 Å². The Hall–Kier alpha value is -1.89. The van der Waals surface area contributed by atoms with Crippen LogP contribution >= 0.6 is 0 Å². The van der Waals surface area contributed by atoms with Crippen molar-refractivity contribution in [2.45, 2.75) is 42.8 Å². The van der Waals surface area contributed by atoms with Gasteiger partial charge in [0.25, 0.3) is 0 Å². The van der Waals surface area contributed by atoms with E-state index >= 15 is 0 Å². The van der Waals surface area contributed by atoms with Gasteiger partial charge in [-0.2, -0.15) is 0 Å². The van der Waals surface area contributed by atoms with Gasteiger partial charge in [-0.05, 0) is 43.7 Å². The molecular formula is C19H25NO5S. The van der Waals surface area contributed by atoms with E-state index in [0.29, 0.717) is 19.0 Å². The van der Waals surface area contributed by atoms with Gasteiger partial charge in [-0.3, -0.25) is 9.59 Å². The third-order valence-corrected chi connectivity index (χ3v) is 7.95. The maximum Gasteiger partial charge on any atom is 0.307 e. The second-order valence-corrected chi connectivity index (χ2v) is 9.74. The van der Waals surface area contributed by atoms with Gasteiger partial charge in [0.15, 0.2) is 9.84 Å². The fraction of sp³-hybridized carbons (Fsp3) is 0.579. The molecule has 1 aliphatic carbocycles. The Kier molecular flexibility index (Phi) is 5.37. The molecule has 0 spiro atoms. The van der Waals surface area contributed by atoms with E-state index in [9.17, 15) is 23.1 Å². The SMILES string of the molecule is CC1CCN(C(=O)[C@@H]2C[C@@H](S(=O)(=O)c3ccccc3)C[C@H]2C(=O)O)CC1. The van der Waals surface area contributed by atoms with E-state index in [1.807, 2.05) is 0 Å². The molecule has 2 aliphatic rings. The number of carboxylic acid groups (broad SMARTS) is 1. The zero-order valence-corrected chi connectivity index (χ0v) is 15.7. The highest BCUT2D eigenvalue weighted by Gasteiger charge is 2.48. The van der Waals surface area contributed by atoms with Crippen LogP contribution in [0.3, 0.4) is 0 Å². The molecule has 3 rings (SSSR count). The van der Waals surface area contributed by atoms with Gasteiger partial charge in [0.2, 0.25) is 5.91 Å². The summed E-state index contributed by atoms with van der Waals surface area (Å²) in [7, 11) is -3.65. The zero-order chi connectivity index (χ0) is 18.9. The van der Waals surface area contributed by atoms with Crippen LogP contribution in [0.2, 0.25) is 0 Å². The normalized spacial score (nSPS) is 27.4. The highest BCUT2D eigenvalue weighted by molar-refractivity contribution is 7.92. The van der Waals surface area contributed by atoms with Crippen LogP contribution in [0.25, 0.3) is 0 Å². The third kappa shape index (κ3) is 3.63. The van der Waals surface area contributed by atoms with Gasteiger partial charge in [-0.1, -0.05) is 25.1 Å². The third-order valence-electron chi connectivity index (χ3n) is 5.76. The Balaban J connectivity index is 1.81. The van der Waals surface area contributed by atoms with Crippen LogP contribution < -0.4 is 0 Å². The lowest BCUT2D eigenvalue weighted by Crippen LogP contribution is -2.43. The Morgan fingerprint density at radius 2 is 1.62 bits per heavy atom. The molecule has 1 N–H and O–H groups in total. The van der Waals surface area contributed by atoms with Crippen LogP contribution in [0.5, 0.6) is 0 Å². The fourth-order valence-electron chi connectivity index (χ4n) is 4.06. The van der Waals surface area contributed by atoms with Gasteiger partial charge < -0.3 is 10.0 Å². The molecule has 1 saturated carbocycles. The van der Waals surface area contributed by atoms with Crippen molar-refractivity contribution in [1.29, 1.82) is 0 Å². The van der Waals surface area contributed by atoms with Crippen LogP contribution in [0.15, 0.2) is 35.2 Å². The van der Waals surface area contributed by atoms with E-state index in [2.05, 4.69) is 6.92 Å². The lowest BCUT2D eigenvalue weighted by Gasteiger charge is -2.33. The van der Waals surface area contributed by atoms with E-state index in [0.717, 1.165) is 12.8 Å². The van der Waals surface area contributed by atoms with Crippen molar-refractivity contribution in [3.63, 3.8) is 0 Å². The minimum absolute atomic E-state index is 0.00674. The summed E-state index contributed by atoms with van der Waals surface area (Å²) in [4.78, 5) is 26.5. The van der Waals surface area contributed by atoms with Gasteiger partial charge in [-0.25, -0.2) is 8.42 Å². The summed E-state index contributed by atoms with van der Waals surface area (Å²) in [5.74, 6) is -2.42. The molecule has 0 aromatic heterocycles. The van der Waals surface area contributed by atoms with E-state index < -0.39 is 32.9 Å². The van der Waals surface area contributed by atoms with Crippen LogP contribution in [0.4, 0.5) is 0 Å². The lowest BCUT2D eigenvalue weighted by atomic mass is 9.92.